The van der Waals surface area contributed by atoms with E-state index in [1.165, 1.54) is 7.11 Å². The highest BCUT2D eigenvalue weighted by Crippen LogP contribution is 2.19. The molecule has 1 rings (SSSR count). The SMILES string of the molecule is CCN(C)C(=O)CN1CCCCC1CC(=O)OC. The number of carbonyl (C=O) groups is 2. The summed E-state index contributed by atoms with van der Waals surface area (Å²) in [7, 11) is 3.22. The first-order chi connectivity index (χ1) is 8.58. The third-order valence-electron chi connectivity index (χ3n) is 3.62. The molecule has 1 fully saturated rings. The van der Waals surface area contributed by atoms with E-state index in [9.17, 15) is 9.59 Å². The maximum absolute atomic E-state index is 11.9. The summed E-state index contributed by atoms with van der Waals surface area (Å²) in [6, 6.07) is 0.153. The van der Waals surface area contributed by atoms with Crippen molar-refractivity contribution in [2.24, 2.45) is 0 Å². The maximum atomic E-state index is 11.9. The molecule has 1 heterocycles. The molecule has 104 valence electrons. The first-order valence-corrected chi connectivity index (χ1v) is 6.63. The van der Waals surface area contributed by atoms with Crippen LogP contribution in [0.4, 0.5) is 0 Å². The fraction of sp³-hybridized carbons (Fsp3) is 0.846. The summed E-state index contributed by atoms with van der Waals surface area (Å²) in [4.78, 5) is 27.1. The first-order valence-electron chi connectivity index (χ1n) is 6.63. The fourth-order valence-electron chi connectivity index (χ4n) is 2.25. The molecule has 1 amide bonds. The Balaban J connectivity index is 2.54. The van der Waals surface area contributed by atoms with Crippen molar-refractivity contribution in [2.75, 3.05) is 33.8 Å². The minimum Gasteiger partial charge on any atom is -0.469 e. The van der Waals surface area contributed by atoms with E-state index in [-0.39, 0.29) is 17.9 Å². The second kappa shape index (κ2) is 7.36. The van der Waals surface area contributed by atoms with Crippen LogP contribution in [0.1, 0.15) is 32.6 Å². The molecule has 1 atom stereocenters. The Kier molecular flexibility index (Phi) is 6.12. The van der Waals surface area contributed by atoms with Gasteiger partial charge in [0.05, 0.1) is 20.1 Å². The Morgan fingerprint density at radius 3 is 2.72 bits per heavy atom. The van der Waals surface area contributed by atoms with Crippen molar-refractivity contribution in [3.63, 3.8) is 0 Å². The molecule has 0 saturated carbocycles. The van der Waals surface area contributed by atoms with Gasteiger partial charge in [-0.2, -0.15) is 0 Å². The molecular formula is C13H24N2O3. The van der Waals surface area contributed by atoms with Gasteiger partial charge in [-0.05, 0) is 26.3 Å². The summed E-state index contributed by atoms with van der Waals surface area (Å²) in [6.07, 6.45) is 3.58. The summed E-state index contributed by atoms with van der Waals surface area (Å²) in [5.41, 5.74) is 0. The van der Waals surface area contributed by atoms with E-state index in [1.54, 1.807) is 4.90 Å². The lowest BCUT2D eigenvalue weighted by molar-refractivity contribution is -0.143. The summed E-state index contributed by atoms with van der Waals surface area (Å²) in [6.45, 7) is 3.98. The van der Waals surface area contributed by atoms with Gasteiger partial charge in [-0.3, -0.25) is 14.5 Å². The molecule has 1 saturated heterocycles. The molecule has 18 heavy (non-hydrogen) atoms. The monoisotopic (exact) mass is 256 g/mol. The highest BCUT2D eigenvalue weighted by Gasteiger charge is 2.27. The van der Waals surface area contributed by atoms with Gasteiger partial charge in [0, 0.05) is 19.6 Å². The Morgan fingerprint density at radius 2 is 2.11 bits per heavy atom. The van der Waals surface area contributed by atoms with Crippen LogP contribution in [-0.4, -0.2) is 61.5 Å². The summed E-state index contributed by atoms with van der Waals surface area (Å²) >= 11 is 0. The Labute approximate surface area is 109 Å². The number of carbonyl (C=O) groups excluding carboxylic acids is 2. The number of methoxy groups -OCH3 is 1. The van der Waals surface area contributed by atoms with Crippen molar-refractivity contribution in [3.8, 4) is 0 Å². The average Bonchev–Trinajstić information content (AvgIpc) is 2.39. The maximum Gasteiger partial charge on any atom is 0.307 e. The van der Waals surface area contributed by atoms with Crippen LogP contribution in [0, 0.1) is 0 Å². The van der Waals surface area contributed by atoms with Crippen LogP contribution in [-0.2, 0) is 14.3 Å². The normalized spacial score (nSPS) is 20.5. The lowest BCUT2D eigenvalue weighted by Gasteiger charge is -2.35. The molecule has 0 radical (unpaired) electrons. The van der Waals surface area contributed by atoms with E-state index >= 15 is 0 Å². The number of rotatable bonds is 5. The van der Waals surface area contributed by atoms with Crippen LogP contribution in [0.2, 0.25) is 0 Å². The van der Waals surface area contributed by atoms with Gasteiger partial charge in [0.2, 0.25) is 5.91 Å². The molecule has 1 unspecified atom stereocenters. The van der Waals surface area contributed by atoms with Crippen molar-refractivity contribution < 1.29 is 14.3 Å². The van der Waals surface area contributed by atoms with E-state index < -0.39 is 0 Å². The Hall–Kier alpha value is -1.10. The molecule has 5 heteroatoms. The highest BCUT2D eigenvalue weighted by molar-refractivity contribution is 5.78. The van der Waals surface area contributed by atoms with Gasteiger partial charge in [0.25, 0.3) is 0 Å². The minimum absolute atomic E-state index is 0.120. The number of esters is 1. The molecule has 5 nitrogen and oxygen atoms in total. The van der Waals surface area contributed by atoms with Crippen molar-refractivity contribution in [1.82, 2.24) is 9.80 Å². The van der Waals surface area contributed by atoms with Gasteiger partial charge in [0.1, 0.15) is 0 Å². The number of likely N-dealkylation sites (tertiary alicyclic amines) is 1. The Morgan fingerprint density at radius 1 is 1.39 bits per heavy atom. The molecule has 0 N–H and O–H groups in total. The van der Waals surface area contributed by atoms with Gasteiger partial charge < -0.3 is 9.64 Å². The smallest absolute Gasteiger partial charge is 0.307 e. The number of amides is 1. The lowest BCUT2D eigenvalue weighted by Crippen LogP contribution is -2.46. The third-order valence-corrected chi connectivity index (χ3v) is 3.62. The topological polar surface area (TPSA) is 49.9 Å². The zero-order valence-electron chi connectivity index (χ0n) is 11.6. The predicted octanol–water partition coefficient (Wildman–Crippen LogP) is 0.882. The van der Waals surface area contributed by atoms with E-state index in [1.807, 2.05) is 14.0 Å². The van der Waals surface area contributed by atoms with E-state index in [0.29, 0.717) is 19.5 Å². The quantitative estimate of drug-likeness (QED) is 0.685. The average molecular weight is 256 g/mol. The molecule has 0 aliphatic carbocycles. The largest absolute Gasteiger partial charge is 0.469 e. The molecule has 0 aromatic heterocycles. The number of ether oxygens (including phenoxy) is 1. The molecule has 0 aromatic carbocycles. The number of likely N-dealkylation sites (N-methyl/N-ethyl adjacent to an activating group) is 1. The molecule has 0 bridgehead atoms. The number of hydrogen-bond donors (Lipinski definition) is 0. The van der Waals surface area contributed by atoms with E-state index in [4.69, 9.17) is 4.74 Å². The van der Waals surface area contributed by atoms with Crippen molar-refractivity contribution >= 4 is 11.9 Å². The zero-order valence-corrected chi connectivity index (χ0v) is 11.6. The third kappa shape index (κ3) is 4.29. The van der Waals surface area contributed by atoms with Gasteiger partial charge in [-0.15, -0.1) is 0 Å². The second-order valence-electron chi connectivity index (χ2n) is 4.81. The van der Waals surface area contributed by atoms with Crippen LogP contribution in [0.5, 0.6) is 0 Å². The van der Waals surface area contributed by atoms with Crippen molar-refractivity contribution in [3.05, 3.63) is 0 Å². The molecule has 1 aliphatic heterocycles. The number of piperidine rings is 1. The second-order valence-corrected chi connectivity index (χ2v) is 4.81. The predicted molar refractivity (Wildman–Crippen MR) is 69.2 cm³/mol. The molecule has 0 aromatic rings. The van der Waals surface area contributed by atoms with Gasteiger partial charge in [-0.1, -0.05) is 6.42 Å². The van der Waals surface area contributed by atoms with Crippen LogP contribution >= 0.6 is 0 Å². The standard InChI is InChI=1S/C13H24N2O3/c1-4-14(2)12(16)10-15-8-6-5-7-11(15)9-13(17)18-3/h11H,4-10H2,1-3H3. The van der Waals surface area contributed by atoms with Crippen molar-refractivity contribution in [2.45, 2.75) is 38.6 Å². The summed E-state index contributed by atoms with van der Waals surface area (Å²) in [5, 5.41) is 0. The molecule has 0 spiro atoms. The summed E-state index contributed by atoms with van der Waals surface area (Å²) < 4.78 is 4.71. The van der Waals surface area contributed by atoms with Crippen LogP contribution in [0.15, 0.2) is 0 Å². The number of nitrogens with zero attached hydrogens (tertiary/aromatic N) is 2. The Bertz CT molecular complexity index is 294. The number of hydrogen-bond acceptors (Lipinski definition) is 4. The fourth-order valence-corrected chi connectivity index (χ4v) is 2.25. The minimum atomic E-state index is -0.191. The van der Waals surface area contributed by atoms with Crippen LogP contribution in [0.25, 0.3) is 0 Å². The van der Waals surface area contributed by atoms with E-state index in [2.05, 4.69) is 4.90 Å². The van der Waals surface area contributed by atoms with Crippen LogP contribution < -0.4 is 0 Å². The zero-order chi connectivity index (χ0) is 13.5. The van der Waals surface area contributed by atoms with Gasteiger partial charge in [0.15, 0.2) is 0 Å². The summed E-state index contributed by atoms with van der Waals surface area (Å²) in [5.74, 6) is -0.0718. The lowest BCUT2D eigenvalue weighted by atomic mass is 9.99. The van der Waals surface area contributed by atoms with Crippen molar-refractivity contribution in [1.29, 1.82) is 0 Å². The van der Waals surface area contributed by atoms with E-state index in [0.717, 1.165) is 25.8 Å². The first kappa shape index (κ1) is 15.0. The molecular weight excluding hydrogens is 232 g/mol. The highest BCUT2D eigenvalue weighted by atomic mass is 16.5. The van der Waals surface area contributed by atoms with Gasteiger partial charge >= 0.3 is 5.97 Å². The van der Waals surface area contributed by atoms with Gasteiger partial charge in [-0.25, -0.2) is 0 Å². The molecule has 1 aliphatic rings. The van der Waals surface area contributed by atoms with Crippen LogP contribution in [0.3, 0.4) is 0 Å².